The number of ether oxygens (including phenoxy) is 1. The molecule has 2 nitrogen and oxygen atoms in total. The van der Waals surface area contributed by atoms with E-state index in [2.05, 4.69) is 6.92 Å². The Morgan fingerprint density at radius 1 is 1.35 bits per heavy atom. The normalized spacial score (nSPS) is 12.5. The minimum absolute atomic E-state index is 0.216. The number of unbranched alkanes of at least 4 members (excludes halogenated alkanes) is 2. The summed E-state index contributed by atoms with van der Waals surface area (Å²) in [5.41, 5.74) is 7.15. The third kappa shape index (κ3) is 4.00. The molecular weight excluding hydrogens is 217 g/mol. The van der Waals surface area contributed by atoms with Crippen molar-refractivity contribution in [3.63, 3.8) is 0 Å². The van der Waals surface area contributed by atoms with Gasteiger partial charge < -0.3 is 10.5 Å². The molecule has 0 unspecified atom stereocenters. The van der Waals surface area contributed by atoms with Crippen LogP contribution in [0.15, 0.2) is 12.1 Å². The molecule has 0 amide bonds. The first-order chi connectivity index (χ1) is 8.06. The molecule has 0 heterocycles. The molecule has 96 valence electrons. The summed E-state index contributed by atoms with van der Waals surface area (Å²) in [5.74, 6) is 0.494. The lowest BCUT2D eigenvalue weighted by Crippen LogP contribution is -2.10. The van der Waals surface area contributed by atoms with Crippen LogP contribution in [-0.4, -0.2) is 6.61 Å². The second kappa shape index (κ2) is 6.60. The SMILES string of the molecule is CCCCCOc1cc(C)c(F)cc1[C@@H](C)N. The zero-order chi connectivity index (χ0) is 12.8. The van der Waals surface area contributed by atoms with E-state index in [4.69, 9.17) is 10.5 Å². The van der Waals surface area contributed by atoms with Gasteiger partial charge in [0.15, 0.2) is 0 Å². The quantitative estimate of drug-likeness (QED) is 0.768. The first-order valence-electron chi connectivity index (χ1n) is 6.24. The zero-order valence-electron chi connectivity index (χ0n) is 10.9. The fourth-order valence-corrected chi connectivity index (χ4v) is 1.69. The van der Waals surface area contributed by atoms with Gasteiger partial charge in [0, 0.05) is 11.6 Å². The molecule has 1 aromatic rings. The van der Waals surface area contributed by atoms with Crippen molar-refractivity contribution in [3.8, 4) is 5.75 Å². The van der Waals surface area contributed by atoms with Gasteiger partial charge in [0.2, 0.25) is 0 Å². The highest BCUT2D eigenvalue weighted by molar-refractivity contribution is 5.39. The second-order valence-corrected chi connectivity index (χ2v) is 4.48. The van der Waals surface area contributed by atoms with Crippen LogP contribution in [0.4, 0.5) is 4.39 Å². The molecule has 0 bridgehead atoms. The van der Waals surface area contributed by atoms with Gasteiger partial charge in [-0.25, -0.2) is 4.39 Å². The molecule has 0 saturated heterocycles. The summed E-state index contributed by atoms with van der Waals surface area (Å²) >= 11 is 0. The number of nitrogens with two attached hydrogens (primary N) is 1. The molecule has 1 rings (SSSR count). The Morgan fingerprint density at radius 3 is 2.65 bits per heavy atom. The predicted molar refractivity (Wildman–Crippen MR) is 68.8 cm³/mol. The summed E-state index contributed by atoms with van der Waals surface area (Å²) in [4.78, 5) is 0. The van der Waals surface area contributed by atoms with E-state index in [1.54, 1.807) is 13.0 Å². The molecule has 0 radical (unpaired) electrons. The van der Waals surface area contributed by atoms with E-state index in [9.17, 15) is 4.39 Å². The summed E-state index contributed by atoms with van der Waals surface area (Å²) in [5, 5.41) is 0. The minimum atomic E-state index is -0.224. The zero-order valence-corrected chi connectivity index (χ0v) is 10.9. The third-order valence-corrected chi connectivity index (χ3v) is 2.79. The van der Waals surface area contributed by atoms with Crippen molar-refractivity contribution >= 4 is 0 Å². The van der Waals surface area contributed by atoms with Crippen LogP contribution in [0, 0.1) is 12.7 Å². The smallest absolute Gasteiger partial charge is 0.126 e. The number of aryl methyl sites for hydroxylation is 1. The number of hydrogen-bond donors (Lipinski definition) is 1. The van der Waals surface area contributed by atoms with E-state index >= 15 is 0 Å². The van der Waals surface area contributed by atoms with E-state index < -0.39 is 0 Å². The van der Waals surface area contributed by atoms with Crippen LogP contribution in [-0.2, 0) is 0 Å². The molecule has 0 saturated carbocycles. The molecule has 0 aliphatic heterocycles. The molecule has 0 aliphatic carbocycles. The fraction of sp³-hybridized carbons (Fsp3) is 0.571. The molecule has 17 heavy (non-hydrogen) atoms. The van der Waals surface area contributed by atoms with Crippen LogP contribution in [0.2, 0.25) is 0 Å². The molecule has 2 N–H and O–H groups in total. The van der Waals surface area contributed by atoms with Crippen LogP contribution in [0.5, 0.6) is 5.75 Å². The monoisotopic (exact) mass is 239 g/mol. The number of hydrogen-bond acceptors (Lipinski definition) is 2. The average Bonchev–Trinajstić information content (AvgIpc) is 2.28. The van der Waals surface area contributed by atoms with Gasteiger partial charge in [-0.2, -0.15) is 0 Å². The van der Waals surface area contributed by atoms with Gasteiger partial charge in [0.25, 0.3) is 0 Å². The highest BCUT2D eigenvalue weighted by Crippen LogP contribution is 2.27. The Kier molecular flexibility index (Phi) is 5.42. The largest absolute Gasteiger partial charge is 0.493 e. The van der Waals surface area contributed by atoms with Crippen LogP contribution in [0.25, 0.3) is 0 Å². The fourth-order valence-electron chi connectivity index (χ4n) is 1.69. The van der Waals surface area contributed by atoms with Crippen LogP contribution in [0.3, 0.4) is 0 Å². The molecule has 1 atom stereocenters. The van der Waals surface area contributed by atoms with Gasteiger partial charge >= 0.3 is 0 Å². The van der Waals surface area contributed by atoms with Crippen molar-refractivity contribution in [2.24, 2.45) is 5.73 Å². The van der Waals surface area contributed by atoms with Crippen LogP contribution >= 0.6 is 0 Å². The highest BCUT2D eigenvalue weighted by Gasteiger charge is 2.11. The Morgan fingerprint density at radius 2 is 2.06 bits per heavy atom. The summed E-state index contributed by atoms with van der Waals surface area (Å²) in [6.45, 7) is 6.39. The lowest BCUT2D eigenvalue weighted by Gasteiger charge is -2.15. The van der Waals surface area contributed by atoms with Crippen molar-refractivity contribution in [1.82, 2.24) is 0 Å². The number of rotatable bonds is 6. The summed E-state index contributed by atoms with van der Waals surface area (Å²) in [7, 11) is 0. The minimum Gasteiger partial charge on any atom is -0.493 e. The highest BCUT2D eigenvalue weighted by atomic mass is 19.1. The third-order valence-electron chi connectivity index (χ3n) is 2.79. The van der Waals surface area contributed by atoms with E-state index in [1.807, 2.05) is 6.92 Å². The van der Waals surface area contributed by atoms with Gasteiger partial charge in [0.05, 0.1) is 6.61 Å². The molecular formula is C14H22FNO. The molecule has 1 aromatic carbocycles. The van der Waals surface area contributed by atoms with Crippen LogP contribution in [0.1, 0.15) is 50.3 Å². The average molecular weight is 239 g/mol. The number of halogens is 1. The Hall–Kier alpha value is -1.09. The van der Waals surface area contributed by atoms with Gasteiger partial charge in [-0.3, -0.25) is 0 Å². The molecule has 3 heteroatoms. The van der Waals surface area contributed by atoms with Gasteiger partial charge in [-0.05, 0) is 38.0 Å². The lowest BCUT2D eigenvalue weighted by molar-refractivity contribution is 0.301. The van der Waals surface area contributed by atoms with Crippen LogP contribution < -0.4 is 10.5 Å². The van der Waals surface area contributed by atoms with Crippen molar-refractivity contribution in [2.75, 3.05) is 6.61 Å². The van der Waals surface area contributed by atoms with E-state index in [0.717, 1.165) is 30.6 Å². The maximum absolute atomic E-state index is 13.5. The van der Waals surface area contributed by atoms with Crippen molar-refractivity contribution in [3.05, 3.63) is 29.1 Å². The van der Waals surface area contributed by atoms with E-state index in [0.29, 0.717) is 12.2 Å². The first kappa shape index (κ1) is 14.0. The standard InChI is InChI=1S/C14H22FNO/c1-4-5-6-7-17-14-8-10(2)13(15)9-12(14)11(3)16/h8-9,11H,4-7,16H2,1-3H3/t11-/m1/s1. The first-order valence-corrected chi connectivity index (χ1v) is 6.24. The van der Waals surface area contributed by atoms with Crippen molar-refractivity contribution in [2.45, 2.75) is 46.1 Å². The molecule has 0 fully saturated rings. The molecule has 0 aliphatic rings. The van der Waals surface area contributed by atoms with Crippen molar-refractivity contribution in [1.29, 1.82) is 0 Å². The number of benzene rings is 1. The summed E-state index contributed by atoms with van der Waals surface area (Å²) in [6, 6.07) is 3.00. The van der Waals surface area contributed by atoms with Crippen molar-refractivity contribution < 1.29 is 9.13 Å². The Labute approximate surface area is 103 Å². The summed E-state index contributed by atoms with van der Waals surface area (Å²) in [6.07, 6.45) is 3.32. The summed E-state index contributed by atoms with van der Waals surface area (Å²) < 4.78 is 19.1. The second-order valence-electron chi connectivity index (χ2n) is 4.48. The Bertz CT molecular complexity index is 363. The topological polar surface area (TPSA) is 35.2 Å². The maximum Gasteiger partial charge on any atom is 0.126 e. The molecule has 0 aromatic heterocycles. The Balaban J connectivity index is 2.78. The van der Waals surface area contributed by atoms with E-state index in [1.165, 1.54) is 6.07 Å². The van der Waals surface area contributed by atoms with E-state index in [-0.39, 0.29) is 11.9 Å². The molecule has 0 spiro atoms. The van der Waals surface area contributed by atoms with Gasteiger partial charge in [-0.15, -0.1) is 0 Å². The predicted octanol–water partition coefficient (Wildman–Crippen LogP) is 3.72. The lowest BCUT2D eigenvalue weighted by atomic mass is 10.1. The van der Waals surface area contributed by atoms with Gasteiger partial charge in [-0.1, -0.05) is 19.8 Å². The maximum atomic E-state index is 13.5. The van der Waals surface area contributed by atoms with Gasteiger partial charge in [0.1, 0.15) is 11.6 Å².